The smallest absolute Gasteiger partial charge is 0.274 e. The third kappa shape index (κ3) is 7.37. The van der Waals surface area contributed by atoms with Gasteiger partial charge in [0.25, 0.3) is 17.7 Å². The van der Waals surface area contributed by atoms with Crippen molar-refractivity contribution in [2.45, 2.75) is 39.8 Å². The molecular formula is C26H30ClFN6O3. The van der Waals surface area contributed by atoms with Crippen LogP contribution in [0.4, 0.5) is 15.8 Å². The van der Waals surface area contributed by atoms with Crippen LogP contribution in [0.1, 0.15) is 59.0 Å². The summed E-state index contributed by atoms with van der Waals surface area (Å²) < 4.78 is 13.2. The topological polar surface area (TPSA) is 119 Å². The van der Waals surface area contributed by atoms with Crippen LogP contribution in [0.2, 0.25) is 5.02 Å². The van der Waals surface area contributed by atoms with E-state index in [1.165, 1.54) is 12.4 Å². The second-order valence-corrected chi connectivity index (χ2v) is 9.32. The maximum Gasteiger partial charge on any atom is 0.274 e. The van der Waals surface area contributed by atoms with Gasteiger partial charge >= 0.3 is 0 Å². The Hall–Kier alpha value is -3.76. The number of rotatable bonds is 10. The van der Waals surface area contributed by atoms with Gasteiger partial charge in [0.05, 0.1) is 16.9 Å². The molecule has 0 spiro atoms. The van der Waals surface area contributed by atoms with E-state index in [4.69, 9.17) is 11.6 Å². The summed E-state index contributed by atoms with van der Waals surface area (Å²) in [4.78, 5) is 46.8. The molecule has 1 heterocycles. The van der Waals surface area contributed by atoms with Gasteiger partial charge in [-0.3, -0.25) is 19.3 Å². The molecule has 9 nitrogen and oxygen atoms in total. The number of aromatic nitrogens is 2. The molecule has 0 atom stereocenters. The van der Waals surface area contributed by atoms with E-state index in [0.29, 0.717) is 36.5 Å². The zero-order valence-corrected chi connectivity index (χ0v) is 21.8. The van der Waals surface area contributed by atoms with Crippen LogP contribution >= 0.6 is 11.6 Å². The molecule has 0 unspecified atom stereocenters. The standard InChI is InChI=1S/C26H30ClFN6O3/c1-15(2)34(16(3)4)12-11-29-25(36)22-23(31-14-30-22)26(37)33-19-8-6-18(7-9-19)32-24(35)20-10-5-17(28)13-21(20)27/h5-10,13-16H,11-12H2,1-4H3,(H,29,36)(H,30,31)(H,32,35)(H,33,37). The fourth-order valence-corrected chi connectivity index (χ4v) is 4.09. The Kier molecular flexibility index (Phi) is 9.37. The first-order valence-electron chi connectivity index (χ1n) is 11.8. The van der Waals surface area contributed by atoms with Crippen molar-refractivity contribution < 1.29 is 18.8 Å². The monoisotopic (exact) mass is 528 g/mol. The number of anilines is 2. The minimum absolute atomic E-state index is 0.00166. The van der Waals surface area contributed by atoms with E-state index in [-0.39, 0.29) is 22.0 Å². The van der Waals surface area contributed by atoms with Crippen LogP contribution < -0.4 is 16.0 Å². The van der Waals surface area contributed by atoms with Crippen molar-refractivity contribution >= 4 is 40.7 Å². The van der Waals surface area contributed by atoms with Crippen LogP contribution in [0, 0.1) is 5.82 Å². The van der Waals surface area contributed by atoms with Gasteiger partial charge < -0.3 is 20.9 Å². The third-order valence-electron chi connectivity index (χ3n) is 5.64. The van der Waals surface area contributed by atoms with Crippen LogP contribution in [-0.2, 0) is 0 Å². The molecule has 0 bridgehead atoms. The van der Waals surface area contributed by atoms with Gasteiger partial charge in [0, 0.05) is 36.5 Å². The quantitative estimate of drug-likeness (QED) is 0.308. The minimum atomic E-state index is -0.538. The molecule has 0 aliphatic heterocycles. The lowest BCUT2D eigenvalue weighted by molar-refractivity contribution is 0.0923. The highest BCUT2D eigenvalue weighted by Crippen LogP contribution is 2.20. The molecule has 1 aromatic heterocycles. The van der Waals surface area contributed by atoms with E-state index >= 15 is 0 Å². The molecule has 0 saturated carbocycles. The van der Waals surface area contributed by atoms with Gasteiger partial charge in [-0.1, -0.05) is 11.6 Å². The van der Waals surface area contributed by atoms with E-state index in [2.05, 4.69) is 58.5 Å². The number of halogens is 2. The molecule has 11 heteroatoms. The second-order valence-electron chi connectivity index (χ2n) is 8.92. The summed E-state index contributed by atoms with van der Waals surface area (Å²) in [6.07, 6.45) is 1.29. The number of hydrogen-bond acceptors (Lipinski definition) is 5. The van der Waals surface area contributed by atoms with Gasteiger partial charge in [-0.2, -0.15) is 0 Å². The molecule has 3 amide bonds. The van der Waals surface area contributed by atoms with Crippen molar-refractivity contribution in [1.82, 2.24) is 20.2 Å². The summed E-state index contributed by atoms with van der Waals surface area (Å²) in [5.74, 6) is -2.02. The molecular weight excluding hydrogens is 499 g/mol. The summed E-state index contributed by atoms with van der Waals surface area (Å²) in [6, 6.07) is 10.5. The van der Waals surface area contributed by atoms with Crippen molar-refractivity contribution in [3.63, 3.8) is 0 Å². The Bertz CT molecular complexity index is 1250. The Morgan fingerprint density at radius 1 is 0.946 bits per heavy atom. The number of benzene rings is 2. The molecule has 0 fully saturated rings. The lowest BCUT2D eigenvalue weighted by Gasteiger charge is -2.30. The molecule has 37 heavy (non-hydrogen) atoms. The number of H-pyrrole nitrogens is 1. The highest BCUT2D eigenvalue weighted by molar-refractivity contribution is 6.34. The number of carbonyl (C=O) groups excluding carboxylic acids is 3. The number of nitrogens with zero attached hydrogens (tertiary/aromatic N) is 2. The Labute approximate surface area is 219 Å². The van der Waals surface area contributed by atoms with Crippen LogP contribution in [0.25, 0.3) is 0 Å². The van der Waals surface area contributed by atoms with Gasteiger partial charge in [-0.15, -0.1) is 0 Å². The normalized spacial score (nSPS) is 11.2. The Morgan fingerprint density at radius 3 is 2.11 bits per heavy atom. The molecule has 196 valence electrons. The summed E-state index contributed by atoms with van der Waals surface area (Å²) in [6.45, 7) is 9.47. The first-order chi connectivity index (χ1) is 17.6. The van der Waals surface area contributed by atoms with Gasteiger partial charge in [0.15, 0.2) is 5.69 Å². The van der Waals surface area contributed by atoms with Crippen molar-refractivity contribution in [2.75, 3.05) is 23.7 Å². The van der Waals surface area contributed by atoms with E-state index in [1.807, 2.05) is 0 Å². The molecule has 0 aliphatic rings. The highest BCUT2D eigenvalue weighted by atomic mass is 35.5. The summed E-state index contributed by atoms with van der Waals surface area (Å²) in [5.41, 5.74) is 1.05. The molecule has 0 aliphatic carbocycles. The molecule has 2 aromatic carbocycles. The van der Waals surface area contributed by atoms with E-state index in [1.54, 1.807) is 24.3 Å². The summed E-state index contributed by atoms with van der Waals surface area (Å²) >= 11 is 5.94. The lowest BCUT2D eigenvalue weighted by atomic mass is 10.2. The number of carbonyl (C=O) groups is 3. The predicted octanol–water partition coefficient (Wildman–Crippen LogP) is 4.56. The van der Waals surface area contributed by atoms with E-state index in [9.17, 15) is 18.8 Å². The molecule has 4 N–H and O–H groups in total. The lowest BCUT2D eigenvalue weighted by Crippen LogP contribution is -2.42. The average Bonchev–Trinajstić information content (AvgIpc) is 3.32. The van der Waals surface area contributed by atoms with Crippen LogP contribution in [-0.4, -0.2) is 57.8 Å². The number of aromatic amines is 1. The van der Waals surface area contributed by atoms with Gasteiger partial charge in [0.1, 0.15) is 11.5 Å². The SMILES string of the molecule is CC(C)N(CCNC(=O)c1nc[nH]c1C(=O)Nc1ccc(NC(=O)c2ccc(F)cc2Cl)cc1)C(C)C. The van der Waals surface area contributed by atoms with E-state index < -0.39 is 23.5 Å². The number of hydrogen-bond donors (Lipinski definition) is 4. The van der Waals surface area contributed by atoms with Gasteiger partial charge in [-0.05, 0) is 70.2 Å². The van der Waals surface area contributed by atoms with Crippen molar-refractivity contribution in [3.8, 4) is 0 Å². The minimum Gasteiger partial charge on any atom is -0.349 e. The number of imidazole rings is 1. The predicted molar refractivity (Wildman–Crippen MR) is 142 cm³/mol. The zero-order valence-electron chi connectivity index (χ0n) is 21.1. The molecule has 0 saturated heterocycles. The van der Waals surface area contributed by atoms with Gasteiger partial charge in [-0.25, -0.2) is 9.37 Å². The number of nitrogens with one attached hydrogen (secondary N) is 4. The fraction of sp³-hybridized carbons (Fsp3) is 0.308. The van der Waals surface area contributed by atoms with Crippen molar-refractivity contribution in [3.05, 3.63) is 76.6 Å². The third-order valence-corrected chi connectivity index (χ3v) is 5.95. The van der Waals surface area contributed by atoms with Gasteiger partial charge in [0.2, 0.25) is 0 Å². The summed E-state index contributed by atoms with van der Waals surface area (Å²) in [7, 11) is 0. The Balaban J connectivity index is 1.58. The van der Waals surface area contributed by atoms with Crippen molar-refractivity contribution in [1.29, 1.82) is 0 Å². The fourth-order valence-electron chi connectivity index (χ4n) is 3.84. The largest absolute Gasteiger partial charge is 0.349 e. The van der Waals surface area contributed by atoms with Crippen LogP contribution in [0.5, 0.6) is 0 Å². The van der Waals surface area contributed by atoms with Crippen LogP contribution in [0.15, 0.2) is 48.8 Å². The van der Waals surface area contributed by atoms with E-state index in [0.717, 1.165) is 12.1 Å². The first-order valence-corrected chi connectivity index (χ1v) is 12.2. The molecule has 3 aromatic rings. The highest BCUT2D eigenvalue weighted by Gasteiger charge is 2.21. The second kappa shape index (κ2) is 12.5. The zero-order chi connectivity index (χ0) is 27.1. The van der Waals surface area contributed by atoms with Crippen LogP contribution in [0.3, 0.4) is 0 Å². The number of amides is 3. The maximum atomic E-state index is 13.2. The van der Waals surface area contributed by atoms with Crippen molar-refractivity contribution in [2.24, 2.45) is 0 Å². The maximum absolute atomic E-state index is 13.2. The summed E-state index contributed by atoms with van der Waals surface area (Å²) in [5, 5.41) is 8.17. The molecule has 0 radical (unpaired) electrons. The Morgan fingerprint density at radius 2 is 1.54 bits per heavy atom. The average molecular weight is 529 g/mol. The molecule has 3 rings (SSSR count). The first kappa shape index (κ1) is 27.8.